The highest BCUT2D eigenvalue weighted by Gasteiger charge is 2.32. The van der Waals surface area contributed by atoms with Gasteiger partial charge in [0.15, 0.2) is 11.4 Å². The summed E-state index contributed by atoms with van der Waals surface area (Å²) in [7, 11) is -3.42. The molecule has 5 aromatic rings. The topological polar surface area (TPSA) is 111 Å². The van der Waals surface area contributed by atoms with Crippen molar-refractivity contribution in [3.05, 3.63) is 107 Å². The number of benzene rings is 3. The van der Waals surface area contributed by atoms with Crippen molar-refractivity contribution in [3.8, 4) is 5.75 Å². The van der Waals surface area contributed by atoms with Crippen molar-refractivity contribution in [1.29, 1.82) is 0 Å². The lowest BCUT2D eigenvalue weighted by atomic mass is 10.1. The maximum absolute atomic E-state index is 13.8. The Morgan fingerprint density at radius 1 is 0.943 bits per heavy atom. The first-order chi connectivity index (χ1) is 16.9. The first-order valence-corrected chi connectivity index (χ1v) is 12.6. The Kier molecular flexibility index (Phi) is 5.01. The van der Waals surface area contributed by atoms with Crippen molar-refractivity contribution in [2.45, 2.75) is 18.0 Å². The second-order valence-corrected chi connectivity index (χ2v) is 10.2. The van der Waals surface area contributed by atoms with Crippen LogP contribution in [0.5, 0.6) is 5.75 Å². The van der Waals surface area contributed by atoms with Crippen LogP contribution in [0.4, 0.5) is 5.69 Å². The molecule has 0 aliphatic carbocycles. The smallest absolute Gasteiger partial charge is 0.281 e. The molecule has 0 fully saturated rings. The summed E-state index contributed by atoms with van der Waals surface area (Å²) in [5.41, 5.74) is 1.33. The van der Waals surface area contributed by atoms with Gasteiger partial charge in [-0.25, -0.2) is 4.98 Å². The summed E-state index contributed by atoms with van der Waals surface area (Å²) in [5, 5.41) is 15.0. The summed E-state index contributed by atoms with van der Waals surface area (Å²) in [6, 6.07) is 24.3. The van der Waals surface area contributed by atoms with Crippen LogP contribution in [0.1, 0.15) is 11.1 Å². The van der Waals surface area contributed by atoms with Crippen LogP contribution in [-0.4, -0.2) is 23.8 Å². The zero-order valence-corrected chi connectivity index (χ0v) is 19.3. The van der Waals surface area contributed by atoms with Gasteiger partial charge in [0.05, 0.1) is 23.4 Å². The third-order valence-corrected chi connectivity index (χ3v) is 7.73. The van der Waals surface area contributed by atoms with Gasteiger partial charge in [0.1, 0.15) is 5.65 Å². The van der Waals surface area contributed by atoms with Gasteiger partial charge in [0, 0.05) is 6.20 Å². The summed E-state index contributed by atoms with van der Waals surface area (Å²) in [4.78, 5) is 21.2. The van der Waals surface area contributed by atoms with Crippen LogP contribution in [0.3, 0.4) is 0 Å². The van der Waals surface area contributed by atoms with Crippen molar-refractivity contribution < 1.29 is 14.2 Å². The monoisotopic (exact) mass is 486 g/mol. The molecule has 0 bridgehead atoms. The molecule has 0 spiro atoms. The molecule has 3 heterocycles. The van der Waals surface area contributed by atoms with Gasteiger partial charge in [-0.1, -0.05) is 65.4 Å². The number of aromatic hydroxyl groups is 1. The van der Waals surface area contributed by atoms with Gasteiger partial charge in [0.25, 0.3) is 5.56 Å². The highest BCUT2D eigenvalue weighted by Crippen LogP contribution is 2.50. The second-order valence-electron chi connectivity index (χ2n) is 8.48. The quantitative estimate of drug-likeness (QED) is 0.288. The summed E-state index contributed by atoms with van der Waals surface area (Å²) in [6.07, 6.45) is 1.57. The number of hydrogen-bond donors (Lipinski definition) is 4. The van der Waals surface area contributed by atoms with E-state index in [0.717, 1.165) is 16.3 Å². The normalized spacial score (nSPS) is 15.8. The number of fused-ring (bicyclic) bond motifs is 3. The van der Waals surface area contributed by atoms with Crippen molar-refractivity contribution in [2.75, 3.05) is 5.01 Å². The Morgan fingerprint density at radius 3 is 2.57 bits per heavy atom. The van der Waals surface area contributed by atoms with E-state index in [4.69, 9.17) is 0 Å². The number of pyridine rings is 2. The third kappa shape index (κ3) is 3.62. The van der Waals surface area contributed by atoms with E-state index in [1.165, 1.54) is 9.58 Å². The predicted molar refractivity (Wildman–Crippen MR) is 138 cm³/mol. The van der Waals surface area contributed by atoms with Gasteiger partial charge in [-0.05, 0) is 46.2 Å². The number of hydrogen-bond acceptors (Lipinski definition) is 7. The highest BCUT2D eigenvalue weighted by atomic mass is 32.3. The van der Waals surface area contributed by atoms with Gasteiger partial charge in [0.2, 0.25) is 0 Å². The van der Waals surface area contributed by atoms with Crippen LogP contribution in [0.25, 0.3) is 21.8 Å². The van der Waals surface area contributed by atoms with E-state index >= 15 is 0 Å². The number of nitrogens with one attached hydrogen (secondary N) is 1. The molecule has 1 aliphatic heterocycles. The first kappa shape index (κ1) is 21.6. The molecule has 35 heavy (non-hydrogen) atoms. The fourth-order valence-electron chi connectivity index (χ4n) is 4.60. The Bertz CT molecular complexity index is 1670. The molecule has 0 amide bonds. The van der Waals surface area contributed by atoms with Crippen LogP contribution in [0.15, 0.2) is 94.7 Å². The van der Waals surface area contributed by atoms with E-state index < -0.39 is 16.3 Å². The minimum absolute atomic E-state index is 0.0687. The number of anilines is 1. The predicted octanol–water partition coefficient (Wildman–Crippen LogP) is 4.85. The largest absolute Gasteiger partial charge is 0.505 e. The minimum Gasteiger partial charge on any atom is -0.505 e. The van der Waals surface area contributed by atoms with Crippen molar-refractivity contribution >= 4 is 38.3 Å². The number of aromatic nitrogens is 2. The van der Waals surface area contributed by atoms with Crippen LogP contribution in [0.2, 0.25) is 0 Å². The van der Waals surface area contributed by atoms with Gasteiger partial charge in [-0.2, -0.15) is 0 Å². The van der Waals surface area contributed by atoms with Crippen LogP contribution in [0, 0.1) is 0 Å². The molecule has 0 saturated heterocycles. The molecule has 4 N–H and O–H groups in total. The van der Waals surface area contributed by atoms with Gasteiger partial charge in [-0.3, -0.25) is 23.5 Å². The van der Waals surface area contributed by atoms with Gasteiger partial charge >= 0.3 is 0 Å². The van der Waals surface area contributed by atoms with Crippen molar-refractivity contribution in [2.24, 2.45) is 0 Å². The maximum Gasteiger partial charge on any atom is 0.281 e. The molecule has 0 atom stereocenters. The van der Waals surface area contributed by atoms with Crippen LogP contribution in [-0.2, 0) is 13.1 Å². The lowest BCUT2D eigenvalue weighted by Gasteiger charge is -2.44. The van der Waals surface area contributed by atoms with E-state index in [0.29, 0.717) is 21.5 Å². The number of hydrazine groups is 1. The zero-order chi connectivity index (χ0) is 24.2. The fourth-order valence-corrected chi connectivity index (χ4v) is 5.93. The van der Waals surface area contributed by atoms with E-state index in [9.17, 15) is 19.0 Å². The van der Waals surface area contributed by atoms with Gasteiger partial charge < -0.3 is 5.11 Å². The minimum atomic E-state index is -3.42. The van der Waals surface area contributed by atoms with Crippen molar-refractivity contribution in [1.82, 2.24) is 14.4 Å². The van der Waals surface area contributed by atoms with Crippen LogP contribution >= 0.6 is 10.8 Å². The Balaban J connectivity index is 1.52. The van der Waals surface area contributed by atoms with Crippen molar-refractivity contribution in [3.63, 3.8) is 0 Å². The van der Waals surface area contributed by atoms with E-state index in [1.807, 2.05) is 42.5 Å². The highest BCUT2D eigenvalue weighted by molar-refractivity contribution is 8.22. The molecular formula is C26H22N4O4S. The standard InChI is InChI=1S/C26H22N4O4S/c31-24-21-9-5-13-27-25(21)29(15-17-11-12-18-6-1-2-7-19(18)14-17)26(32)23(24)30-16-20-8-3-4-10-22(20)35(33,34)28-30/h1-14,28,31,33-34H,15-16H2. The Labute approximate surface area is 202 Å². The average Bonchev–Trinajstić information content (AvgIpc) is 2.86. The molecule has 6 rings (SSSR count). The van der Waals surface area contributed by atoms with Crippen LogP contribution < -0.4 is 15.4 Å². The summed E-state index contributed by atoms with van der Waals surface area (Å²) < 4.78 is 23.0. The molecule has 0 radical (unpaired) electrons. The zero-order valence-electron chi connectivity index (χ0n) is 18.5. The third-order valence-electron chi connectivity index (χ3n) is 6.24. The first-order valence-electron chi connectivity index (χ1n) is 11.0. The van der Waals surface area contributed by atoms with E-state index in [2.05, 4.69) is 9.82 Å². The molecule has 0 saturated carbocycles. The Hall–Kier alpha value is -3.89. The molecule has 176 valence electrons. The molecule has 0 unspecified atom stereocenters. The second kappa shape index (κ2) is 8.10. The lowest BCUT2D eigenvalue weighted by Crippen LogP contribution is -2.46. The van der Waals surface area contributed by atoms with Gasteiger partial charge in [-0.15, -0.1) is 4.83 Å². The number of nitrogens with zero attached hydrogens (tertiary/aromatic N) is 3. The maximum atomic E-state index is 13.8. The number of rotatable bonds is 3. The lowest BCUT2D eigenvalue weighted by molar-refractivity contribution is 0.448. The molecular weight excluding hydrogens is 464 g/mol. The van der Waals surface area contributed by atoms with E-state index in [1.54, 1.807) is 42.6 Å². The molecule has 9 heteroatoms. The fraction of sp³-hybridized carbons (Fsp3) is 0.0769. The van der Waals surface area contributed by atoms with E-state index in [-0.39, 0.29) is 24.5 Å². The summed E-state index contributed by atoms with van der Waals surface area (Å²) in [5.74, 6) is -0.269. The average molecular weight is 487 g/mol. The molecule has 8 nitrogen and oxygen atoms in total. The Morgan fingerprint density at radius 2 is 1.71 bits per heavy atom. The molecule has 2 aromatic heterocycles. The molecule has 3 aromatic carbocycles. The molecule has 1 aliphatic rings. The summed E-state index contributed by atoms with van der Waals surface area (Å²) in [6.45, 7) is 0.391. The SMILES string of the molecule is O=c1c(N2Cc3ccccc3S(O)(O)N2)c(O)c2cccnc2n1Cc1ccc2ccccc2c1. The summed E-state index contributed by atoms with van der Waals surface area (Å²) >= 11 is 0.